The Morgan fingerprint density at radius 3 is 2.90 bits per heavy atom. The molecule has 1 aromatic rings. The van der Waals surface area contributed by atoms with Crippen LogP contribution in [0.3, 0.4) is 0 Å². The van der Waals surface area contributed by atoms with Crippen molar-refractivity contribution in [1.29, 1.82) is 0 Å². The minimum Gasteiger partial charge on any atom is -0.376 e. The SMILES string of the molecule is O=C(NC1CCOC1C1CC1)c1cc([N+](=O)[O-])cnc1Cl. The molecule has 1 saturated carbocycles. The summed E-state index contributed by atoms with van der Waals surface area (Å²) in [4.78, 5) is 26.1. The van der Waals surface area contributed by atoms with Gasteiger partial charge in [-0.1, -0.05) is 11.6 Å². The van der Waals surface area contributed by atoms with Crippen LogP contribution in [-0.4, -0.2) is 34.6 Å². The molecule has 2 atom stereocenters. The fraction of sp³-hybridized carbons (Fsp3) is 0.538. The standard InChI is InChI=1S/C13H14ClN3O4/c14-12-9(5-8(6-15-12)17(19)20)13(18)16-10-3-4-21-11(10)7-1-2-7/h5-7,10-11H,1-4H2,(H,16,18). The number of nitro groups is 1. The van der Waals surface area contributed by atoms with Gasteiger partial charge in [0.05, 0.1) is 22.6 Å². The van der Waals surface area contributed by atoms with Crippen molar-refractivity contribution >= 4 is 23.2 Å². The van der Waals surface area contributed by atoms with E-state index in [1.54, 1.807) is 0 Å². The highest BCUT2D eigenvalue weighted by molar-refractivity contribution is 6.32. The number of nitrogens with one attached hydrogen (secondary N) is 1. The van der Waals surface area contributed by atoms with Gasteiger partial charge in [0.15, 0.2) is 0 Å². The summed E-state index contributed by atoms with van der Waals surface area (Å²) in [5, 5.41) is 13.6. The Bertz CT molecular complexity index is 591. The van der Waals surface area contributed by atoms with Crippen LogP contribution in [-0.2, 0) is 4.74 Å². The Morgan fingerprint density at radius 2 is 2.24 bits per heavy atom. The molecule has 1 aliphatic heterocycles. The normalized spacial score (nSPS) is 24.8. The molecule has 0 radical (unpaired) electrons. The van der Waals surface area contributed by atoms with Crippen molar-refractivity contribution in [3.8, 4) is 0 Å². The average Bonchev–Trinajstić information content (AvgIpc) is 3.19. The summed E-state index contributed by atoms with van der Waals surface area (Å²) in [5.41, 5.74) is -0.238. The lowest BCUT2D eigenvalue weighted by Crippen LogP contribution is -2.41. The van der Waals surface area contributed by atoms with Gasteiger partial charge in [0.2, 0.25) is 0 Å². The molecule has 2 fully saturated rings. The van der Waals surface area contributed by atoms with E-state index in [1.165, 1.54) is 0 Å². The van der Waals surface area contributed by atoms with Gasteiger partial charge >= 0.3 is 0 Å². The summed E-state index contributed by atoms with van der Waals surface area (Å²) in [6, 6.07) is 1.08. The third kappa shape index (κ3) is 2.98. The topological polar surface area (TPSA) is 94.4 Å². The first kappa shape index (κ1) is 14.2. The highest BCUT2D eigenvalue weighted by atomic mass is 35.5. The van der Waals surface area contributed by atoms with Gasteiger partial charge in [-0.15, -0.1) is 0 Å². The molecule has 1 amide bonds. The van der Waals surface area contributed by atoms with Crippen LogP contribution in [0, 0.1) is 16.0 Å². The number of carbonyl (C=O) groups is 1. The Kier molecular flexibility index (Phi) is 3.77. The van der Waals surface area contributed by atoms with E-state index in [1.807, 2.05) is 0 Å². The number of ether oxygens (including phenoxy) is 1. The molecule has 0 spiro atoms. The largest absolute Gasteiger partial charge is 0.376 e. The van der Waals surface area contributed by atoms with Crippen molar-refractivity contribution < 1.29 is 14.5 Å². The number of pyridine rings is 1. The van der Waals surface area contributed by atoms with Gasteiger partial charge in [0.1, 0.15) is 11.3 Å². The molecule has 1 N–H and O–H groups in total. The predicted molar refractivity (Wildman–Crippen MR) is 74.2 cm³/mol. The Hall–Kier alpha value is -1.73. The fourth-order valence-electron chi connectivity index (χ4n) is 2.60. The maximum Gasteiger partial charge on any atom is 0.288 e. The van der Waals surface area contributed by atoms with Gasteiger partial charge in [-0.2, -0.15) is 0 Å². The molecule has 21 heavy (non-hydrogen) atoms. The molecule has 0 aromatic carbocycles. The maximum absolute atomic E-state index is 12.3. The van der Waals surface area contributed by atoms with Crippen molar-refractivity contribution in [3.63, 3.8) is 0 Å². The molecule has 0 bridgehead atoms. The summed E-state index contributed by atoms with van der Waals surface area (Å²) >= 11 is 5.87. The van der Waals surface area contributed by atoms with Crippen molar-refractivity contribution in [2.24, 2.45) is 5.92 Å². The minimum atomic E-state index is -0.605. The second-order valence-corrected chi connectivity index (χ2v) is 5.69. The Labute approximate surface area is 125 Å². The Balaban J connectivity index is 1.75. The third-order valence-electron chi connectivity index (χ3n) is 3.82. The summed E-state index contributed by atoms with van der Waals surface area (Å²) in [5.74, 6) is 0.0638. The van der Waals surface area contributed by atoms with Crippen LogP contribution in [0.15, 0.2) is 12.3 Å². The molecule has 2 unspecified atom stereocenters. The van der Waals surface area contributed by atoms with Gasteiger partial charge in [-0.3, -0.25) is 14.9 Å². The van der Waals surface area contributed by atoms with Crippen molar-refractivity contribution in [2.45, 2.75) is 31.4 Å². The van der Waals surface area contributed by atoms with Crippen molar-refractivity contribution in [1.82, 2.24) is 10.3 Å². The monoisotopic (exact) mass is 311 g/mol. The lowest BCUT2D eigenvalue weighted by molar-refractivity contribution is -0.385. The fourth-order valence-corrected chi connectivity index (χ4v) is 2.79. The molecular weight excluding hydrogens is 298 g/mol. The van der Waals surface area contributed by atoms with Crippen LogP contribution in [0.1, 0.15) is 29.6 Å². The number of nitrogens with zero attached hydrogens (tertiary/aromatic N) is 2. The van der Waals surface area contributed by atoms with E-state index in [4.69, 9.17) is 16.3 Å². The van der Waals surface area contributed by atoms with E-state index in [0.29, 0.717) is 12.5 Å². The lowest BCUT2D eigenvalue weighted by Gasteiger charge is -2.19. The van der Waals surface area contributed by atoms with Crippen LogP contribution in [0.4, 0.5) is 5.69 Å². The summed E-state index contributed by atoms with van der Waals surface area (Å²) in [6.07, 6.45) is 4.06. The highest BCUT2D eigenvalue weighted by Crippen LogP contribution is 2.38. The molecule has 1 aromatic heterocycles. The van der Waals surface area contributed by atoms with Crippen LogP contribution in [0.2, 0.25) is 5.15 Å². The van der Waals surface area contributed by atoms with Gasteiger partial charge in [0.25, 0.3) is 11.6 Å². The smallest absolute Gasteiger partial charge is 0.288 e. The molecule has 2 heterocycles. The van der Waals surface area contributed by atoms with Gasteiger partial charge in [-0.25, -0.2) is 4.98 Å². The van der Waals surface area contributed by atoms with E-state index >= 15 is 0 Å². The molecule has 7 nitrogen and oxygen atoms in total. The average molecular weight is 312 g/mol. The molecule has 112 valence electrons. The molecule has 8 heteroatoms. The first-order chi connectivity index (χ1) is 10.1. The first-order valence-electron chi connectivity index (χ1n) is 6.78. The highest BCUT2D eigenvalue weighted by Gasteiger charge is 2.41. The number of carbonyl (C=O) groups excluding carboxylic acids is 1. The zero-order chi connectivity index (χ0) is 15.0. The van der Waals surface area contributed by atoms with E-state index in [0.717, 1.165) is 31.5 Å². The number of aromatic nitrogens is 1. The van der Waals surface area contributed by atoms with Crippen LogP contribution >= 0.6 is 11.6 Å². The zero-order valence-corrected chi connectivity index (χ0v) is 11.9. The van der Waals surface area contributed by atoms with Crippen molar-refractivity contribution in [3.05, 3.63) is 33.1 Å². The summed E-state index contributed by atoms with van der Waals surface area (Å²) in [6.45, 7) is 0.618. The van der Waals surface area contributed by atoms with Gasteiger partial charge < -0.3 is 10.1 Å². The number of amides is 1. The molecular formula is C13H14ClN3O4. The second-order valence-electron chi connectivity index (χ2n) is 5.33. The lowest BCUT2D eigenvalue weighted by atomic mass is 10.1. The van der Waals surface area contributed by atoms with Crippen molar-refractivity contribution in [2.75, 3.05) is 6.61 Å². The summed E-state index contributed by atoms with van der Waals surface area (Å²) in [7, 11) is 0. The quantitative estimate of drug-likeness (QED) is 0.521. The second kappa shape index (κ2) is 5.57. The van der Waals surface area contributed by atoms with Crippen LogP contribution < -0.4 is 5.32 Å². The maximum atomic E-state index is 12.3. The van der Waals surface area contributed by atoms with Crippen LogP contribution in [0.5, 0.6) is 0 Å². The molecule has 1 saturated heterocycles. The first-order valence-corrected chi connectivity index (χ1v) is 7.16. The Morgan fingerprint density at radius 1 is 1.48 bits per heavy atom. The summed E-state index contributed by atoms with van der Waals surface area (Å²) < 4.78 is 5.65. The van der Waals surface area contributed by atoms with E-state index in [2.05, 4.69) is 10.3 Å². The predicted octanol–water partition coefficient (Wildman–Crippen LogP) is 1.94. The minimum absolute atomic E-state index is 0.0207. The van der Waals surface area contributed by atoms with Gasteiger partial charge in [0, 0.05) is 12.7 Å². The number of rotatable bonds is 4. The van der Waals surface area contributed by atoms with Gasteiger partial charge in [-0.05, 0) is 25.2 Å². The zero-order valence-electron chi connectivity index (χ0n) is 11.1. The molecule has 3 rings (SSSR count). The molecule has 2 aliphatic rings. The van der Waals surface area contributed by atoms with E-state index < -0.39 is 10.8 Å². The van der Waals surface area contributed by atoms with Crippen LogP contribution in [0.25, 0.3) is 0 Å². The van der Waals surface area contributed by atoms with E-state index in [9.17, 15) is 14.9 Å². The third-order valence-corrected chi connectivity index (χ3v) is 4.12. The number of hydrogen-bond acceptors (Lipinski definition) is 5. The van der Waals surface area contributed by atoms with E-state index in [-0.39, 0.29) is 28.5 Å². The molecule has 1 aliphatic carbocycles. The number of halogens is 1. The number of hydrogen-bond donors (Lipinski definition) is 1.